The molecule has 0 saturated carbocycles. The molecule has 0 fully saturated rings. The Morgan fingerprint density at radius 1 is 1.50 bits per heavy atom. The molecule has 0 aliphatic carbocycles. The van der Waals surface area contributed by atoms with Crippen molar-refractivity contribution in [2.24, 2.45) is 5.92 Å². The van der Waals surface area contributed by atoms with Crippen LogP contribution >= 0.6 is 15.9 Å². The van der Waals surface area contributed by atoms with Crippen molar-refractivity contribution in [1.82, 2.24) is 10.3 Å². The highest BCUT2D eigenvalue weighted by atomic mass is 79.9. The quantitative estimate of drug-likeness (QED) is 0.865. The number of aromatic nitrogens is 1. The molecule has 18 heavy (non-hydrogen) atoms. The maximum absolute atomic E-state index is 12.3. The molecule has 0 saturated heterocycles. The zero-order chi connectivity index (χ0) is 13.8. The molecule has 1 atom stereocenters. The lowest BCUT2D eigenvalue weighted by Gasteiger charge is -2.10. The Labute approximate surface area is 111 Å². The number of rotatable bonds is 4. The molecule has 0 aromatic carbocycles. The fraction of sp³-hybridized carbons (Fsp3) is 0.455. The van der Waals surface area contributed by atoms with Crippen molar-refractivity contribution in [1.29, 1.82) is 0 Å². The number of carbonyl (C=O) groups excluding carboxylic acids is 1. The summed E-state index contributed by atoms with van der Waals surface area (Å²) in [5, 5.41) is 3.33. The summed E-state index contributed by atoms with van der Waals surface area (Å²) in [6.07, 6.45) is -3.78. The van der Waals surface area contributed by atoms with Gasteiger partial charge < -0.3 is 5.32 Å². The Bertz CT molecular complexity index is 406. The van der Waals surface area contributed by atoms with Crippen LogP contribution in [0.5, 0.6) is 0 Å². The van der Waals surface area contributed by atoms with Gasteiger partial charge in [-0.25, -0.2) is 0 Å². The number of pyridine rings is 1. The van der Waals surface area contributed by atoms with E-state index in [1.54, 1.807) is 0 Å². The van der Waals surface area contributed by atoms with E-state index in [9.17, 15) is 18.0 Å². The smallest absolute Gasteiger partial charge is 0.350 e. The average Bonchev–Trinajstić information content (AvgIpc) is 2.34. The lowest BCUT2D eigenvalue weighted by Crippen LogP contribution is -2.29. The highest BCUT2D eigenvalue weighted by Crippen LogP contribution is 2.28. The number of nitrogens with one attached hydrogen (secondary N) is 1. The monoisotopic (exact) mass is 324 g/mol. The number of carbonyl (C=O) groups is 1. The number of hydrogen-bond donors (Lipinski definition) is 1. The molecule has 1 unspecified atom stereocenters. The topological polar surface area (TPSA) is 42.0 Å². The molecular formula is C11H12BrF3N2O. The van der Waals surface area contributed by atoms with E-state index in [2.05, 4.69) is 26.2 Å². The fourth-order valence-electron chi connectivity index (χ4n) is 1.11. The van der Waals surface area contributed by atoms with Crippen LogP contribution in [0, 0.1) is 5.92 Å². The fourth-order valence-corrected chi connectivity index (χ4v) is 1.34. The molecule has 1 rings (SSSR count). The Kier molecular flexibility index (Phi) is 5.13. The van der Waals surface area contributed by atoms with Gasteiger partial charge in [-0.1, -0.05) is 22.9 Å². The first-order valence-corrected chi connectivity index (χ1v) is 6.34. The largest absolute Gasteiger partial charge is 0.417 e. The second kappa shape index (κ2) is 6.17. The second-order valence-electron chi connectivity index (χ2n) is 3.90. The first-order chi connectivity index (χ1) is 8.34. The van der Waals surface area contributed by atoms with Gasteiger partial charge in [0, 0.05) is 18.1 Å². The number of halogens is 4. The third kappa shape index (κ3) is 4.29. The van der Waals surface area contributed by atoms with Gasteiger partial charge in [-0.2, -0.15) is 13.2 Å². The van der Waals surface area contributed by atoms with Gasteiger partial charge in [-0.05, 0) is 18.1 Å². The molecule has 0 bridgehead atoms. The summed E-state index contributed by atoms with van der Waals surface area (Å²) in [5.74, 6) is -0.236. The molecule has 0 aliphatic heterocycles. The predicted octanol–water partition coefficient (Wildman–Crippen LogP) is 2.86. The summed E-state index contributed by atoms with van der Waals surface area (Å²) in [7, 11) is 0. The lowest BCUT2D eigenvalue weighted by atomic mass is 10.2. The maximum atomic E-state index is 12.3. The number of hydrogen-bond acceptors (Lipinski definition) is 2. The van der Waals surface area contributed by atoms with Crippen LogP contribution in [-0.4, -0.2) is 22.8 Å². The van der Waals surface area contributed by atoms with Gasteiger partial charge in [-0.3, -0.25) is 9.78 Å². The van der Waals surface area contributed by atoms with Crippen LogP contribution in [0.2, 0.25) is 0 Å². The van der Waals surface area contributed by atoms with Crippen molar-refractivity contribution in [3.05, 3.63) is 29.6 Å². The van der Waals surface area contributed by atoms with Crippen LogP contribution in [0.4, 0.5) is 13.2 Å². The summed E-state index contributed by atoms with van der Waals surface area (Å²) in [4.78, 5) is 15.1. The van der Waals surface area contributed by atoms with E-state index in [0.717, 1.165) is 17.5 Å². The van der Waals surface area contributed by atoms with E-state index in [0.29, 0.717) is 12.7 Å². The van der Waals surface area contributed by atoms with Gasteiger partial charge in [-0.15, -0.1) is 0 Å². The molecule has 0 spiro atoms. The molecule has 0 aliphatic rings. The zero-order valence-corrected chi connectivity index (χ0v) is 11.2. The Hall–Kier alpha value is -1.11. The zero-order valence-electron chi connectivity index (χ0n) is 9.59. The van der Waals surface area contributed by atoms with Crippen molar-refractivity contribution in [3.63, 3.8) is 0 Å². The molecule has 1 heterocycles. The van der Waals surface area contributed by atoms with E-state index >= 15 is 0 Å². The van der Waals surface area contributed by atoms with Crippen LogP contribution in [0.1, 0.15) is 23.0 Å². The Morgan fingerprint density at radius 2 is 2.17 bits per heavy atom. The minimum atomic E-state index is -4.44. The second-order valence-corrected chi connectivity index (χ2v) is 4.55. The minimum Gasteiger partial charge on any atom is -0.350 e. The van der Waals surface area contributed by atoms with Crippen LogP contribution in [0.3, 0.4) is 0 Å². The molecule has 7 heteroatoms. The van der Waals surface area contributed by atoms with Crippen molar-refractivity contribution in [2.75, 3.05) is 11.9 Å². The normalized spacial score (nSPS) is 13.2. The van der Waals surface area contributed by atoms with E-state index in [1.807, 2.05) is 6.92 Å². The lowest BCUT2D eigenvalue weighted by molar-refractivity contribution is -0.137. The SMILES string of the molecule is CC(CBr)CNC(=O)c1ccc(C(F)(F)F)cn1. The van der Waals surface area contributed by atoms with E-state index in [-0.39, 0.29) is 11.6 Å². The maximum Gasteiger partial charge on any atom is 0.417 e. The minimum absolute atomic E-state index is 0.0234. The third-order valence-corrected chi connectivity index (χ3v) is 3.30. The summed E-state index contributed by atoms with van der Waals surface area (Å²) < 4.78 is 36.8. The van der Waals surface area contributed by atoms with Crippen molar-refractivity contribution in [2.45, 2.75) is 13.1 Å². The highest BCUT2D eigenvalue weighted by Gasteiger charge is 2.30. The first-order valence-electron chi connectivity index (χ1n) is 5.22. The van der Waals surface area contributed by atoms with Crippen molar-refractivity contribution < 1.29 is 18.0 Å². The van der Waals surface area contributed by atoms with Crippen molar-refractivity contribution in [3.8, 4) is 0 Å². The van der Waals surface area contributed by atoms with Gasteiger partial charge in [0.15, 0.2) is 0 Å². The number of amides is 1. The summed E-state index contributed by atoms with van der Waals surface area (Å²) in [6.45, 7) is 2.36. The van der Waals surface area contributed by atoms with Crippen LogP contribution in [-0.2, 0) is 6.18 Å². The summed E-state index contributed by atoms with van der Waals surface area (Å²) in [6, 6.07) is 1.91. The molecule has 1 amide bonds. The van der Waals surface area contributed by atoms with E-state index in [4.69, 9.17) is 0 Å². The molecule has 1 aromatic heterocycles. The van der Waals surface area contributed by atoms with Gasteiger partial charge in [0.1, 0.15) is 5.69 Å². The van der Waals surface area contributed by atoms with Gasteiger partial charge in [0.2, 0.25) is 0 Å². The summed E-state index contributed by atoms with van der Waals surface area (Å²) in [5.41, 5.74) is -0.891. The number of nitrogens with zero attached hydrogens (tertiary/aromatic N) is 1. The first kappa shape index (κ1) is 14.9. The molecule has 1 aromatic rings. The van der Waals surface area contributed by atoms with Gasteiger partial charge in [0.05, 0.1) is 5.56 Å². The Balaban J connectivity index is 2.65. The highest BCUT2D eigenvalue weighted by molar-refractivity contribution is 9.09. The van der Waals surface area contributed by atoms with Crippen LogP contribution in [0.15, 0.2) is 18.3 Å². The molecular weight excluding hydrogens is 313 g/mol. The van der Waals surface area contributed by atoms with Gasteiger partial charge in [0.25, 0.3) is 5.91 Å². The van der Waals surface area contributed by atoms with Gasteiger partial charge >= 0.3 is 6.18 Å². The standard InChI is InChI=1S/C11H12BrF3N2O/c1-7(4-12)5-17-10(18)9-3-2-8(6-16-9)11(13,14)15/h2-3,6-7H,4-5H2,1H3,(H,17,18). The third-order valence-electron chi connectivity index (χ3n) is 2.20. The summed E-state index contributed by atoms with van der Waals surface area (Å²) >= 11 is 3.26. The van der Waals surface area contributed by atoms with E-state index < -0.39 is 17.6 Å². The van der Waals surface area contributed by atoms with Crippen LogP contribution < -0.4 is 5.32 Å². The predicted molar refractivity (Wildman–Crippen MR) is 64.5 cm³/mol. The molecule has 100 valence electrons. The number of alkyl halides is 4. The molecule has 1 N–H and O–H groups in total. The molecule has 0 radical (unpaired) electrons. The van der Waals surface area contributed by atoms with Crippen molar-refractivity contribution >= 4 is 21.8 Å². The van der Waals surface area contributed by atoms with E-state index in [1.165, 1.54) is 0 Å². The van der Waals surface area contributed by atoms with Crippen LogP contribution in [0.25, 0.3) is 0 Å². The Morgan fingerprint density at radius 3 is 2.61 bits per heavy atom. The average molecular weight is 325 g/mol. The molecule has 3 nitrogen and oxygen atoms in total.